The normalized spacial score (nSPS) is 12.7. The number of benzene rings is 2. The third-order valence-corrected chi connectivity index (χ3v) is 3.26. The van der Waals surface area contributed by atoms with Gasteiger partial charge in [0, 0.05) is 6.04 Å². The van der Waals surface area contributed by atoms with Gasteiger partial charge in [-0.05, 0) is 36.8 Å². The summed E-state index contributed by atoms with van der Waals surface area (Å²) in [5.74, 6) is -1.02. The van der Waals surface area contributed by atoms with Crippen LogP contribution in [-0.4, -0.2) is 4.92 Å². The van der Waals surface area contributed by atoms with Gasteiger partial charge in [0.25, 0.3) is 0 Å². The molecule has 8 heteroatoms. The third kappa shape index (κ3) is 3.77. The molecule has 4 nitrogen and oxygen atoms in total. The van der Waals surface area contributed by atoms with Crippen LogP contribution in [0.25, 0.3) is 0 Å². The fourth-order valence-corrected chi connectivity index (χ4v) is 2.12. The quantitative estimate of drug-likeness (QED) is 0.492. The van der Waals surface area contributed by atoms with Crippen molar-refractivity contribution in [3.63, 3.8) is 0 Å². The number of rotatable bonds is 4. The molecule has 0 spiro atoms. The second-order valence-corrected chi connectivity index (χ2v) is 4.88. The topological polar surface area (TPSA) is 55.2 Å². The Bertz CT molecular complexity index is 732. The van der Waals surface area contributed by atoms with E-state index in [0.29, 0.717) is 0 Å². The lowest BCUT2D eigenvalue weighted by Gasteiger charge is -2.17. The Kier molecular flexibility index (Phi) is 4.53. The maximum absolute atomic E-state index is 13.5. The number of anilines is 1. The predicted octanol–water partition coefficient (Wildman–Crippen LogP) is 4.93. The van der Waals surface area contributed by atoms with E-state index in [0.717, 1.165) is 18.2 Å². The van der Waals surface area contributed by atoms with Gasteiger partial charge in [-0.1, -0.05) is 18.2 Å². The number of nitro groups is 1. The van der Waals surface area contributed by atoms with Crippen LogP contribution in [-0.2, 0) is 6.18 Å². The van der Waals surface area contributed by atoms with Gasteiger partial charge in [0.15, 0.2) is 0 Å². The largest absolute Gasteiger partial charge is 0.416 e. The van der Waals surface area contributed by atoms with Gasteiger partial charge >= 0.3 is 11.9 Å². The molecule has 0 amide bonds. The minimum atomic E-state index is -4.49. The van der Waals surface area contributed by atoms with Crippen LogP contribution in [0.15, 0.2) is 42.5 Å². The van der Waals surface area contributed by atoms with E-state index in [4.69, 9.17) is 0 Å². The standard InChI is InChI=1S/C15H12F4N2O2/c1-9(10-4-2-5-11(8-10)15(17,18)19)20-13-7-3-6-12(16)14(13)21(22)23/h2-9,20H,1H3. The molecule has 0 aromatic heterocycles. The van der Waals surface area contributed by atoms with Gasteiger partial charge in [0.1, 0.15) is 5.69 Å². The second-order valence-electron chi connectivity index (χ2n) is 4.88. The van der Waals surface area contributed by atoms with E-state index in [1.165, 1.54) is 31.2 Å². The molecule has 1 N–H and O–H groups in total. The first kappa shape index (κ1) is 16.7. The van der Waals surface area contributed by atoms with Crippen LogP contribution >= 0.6 is 0 Å². The van der Waals surface area contributed by atoms with Crippen molar-refractivity contribution in [2.24, 2.45) is 0 Å². The lowest BCUT2D eigenvalue weighted by Crippen LogP contribution is -2.11. The molecule has 2 aromatic carbocycles. The molecule has 0 aliphatic heterocycles. The van der Waals surface area contributed by atoms with Crippen molar-refractivity contribution < 1.29 is 22.5 Å². The van der Waals surface area contributed by atoms with Gasteiger partial charge in [0.05, 0.1) is 10.5 Å². The maximum atomic E-state index is 13.5. The molecule has 122 valence electrons. The van der Waals surface area contributed by atoms with Crippen molar-refractivity contribution in [1.29, 1.82) is 0 Å². The summed E-state index contributed by atoms with van der Waals surface area (Å²) < 4.78 is 51.7. The monoisotopic (exact) mass is 328 g/mol. The molecule has 1 atom stereocenters. The number of nitro benzene ring substituents is 1. The Labute approximate surface area is 128 Å². The molecule has 0 aliphatic rings. The SMILES string of the molecule is CC(Nc1cccc(F)c1[N+](=O)[O-])c1cccc(C(F)(F)F)c1. The summed E-state index contributed by atoms with van der Waals surface area (Å²) in [6.07, 6.45) is -4.49. The Morgan fingerprint density at radius 3 is 2.43 bits per heavy atom. The van der Waals surface area contributed by atoms with E-state index in [9.17, 15) is 27.7 Å². The number of nitrogens with one attached hydrogen (secondary N) is 1. The number of alkyl halides is 3. The Balaban J connectivity index is 2.32. The van der Waals surface area contributed by atoms with E-state index in [1.807, 2.05) is 0 Å². The van der Waals surface area contributed by atoms with Crippen LogP contribution in [0, 0.1) is 15.9 Å². The number of para-hydroxylation sites is 1. The van der Waals surface area contributed by atoms with Crippen molar-refractivity contribution in [2.75, 3.05) is 5.32 Å². The van der Waals surface area contributed by atoms with Crippen LogP contribution in [0.2, 0.25) is 0 Å². The first-order valence-electron chi connectivity index (χ1n) is 6.56. The highest BCUT2D eigenvalue weighted by atomic mass is 19.4. The zero-order chi connectivity index (χ0) is 17.2. The van der Waals surface area contributed by atoms with E-state index in [1.54, 1.807) is 0 Å². The number of hydrogen-bond acceptors (Lipinski definition) is 3. The summed E-state index contributed by atoms with van der Waals surface area (Å²) in [6.45, 7) is 1.53. The van der Waals surface area contributed by atoms with Crippen LogP contribution in [0.4, 0.5) is 28.9 Å². The minimum Gasteiger partial charge on any atom is -0.373 e. The molecule has 0 radical (unpaired) electrons. The Hall–Kier alpha value is -2.64. The molecule has 0 saturated heterocycles. The van der Waals surface area contributed by atoms with Crippen molar-refractivity contribution in [3.8, 4) is 0 Å². The van der Waals surface area contributed by atoms with Crippen molar-refractivity contribution in [1.82, 2.24) is 0 Å². The molecule has 0 aliphatic carbocycles. The van der Waals surface area contributed by atoms with Gasteiger partial charge in [-0.2, -0.15) is 17.6 Å². The first-order chi connectivity index (χ1) is 10.7. The summed E-state index contributed by atoms with van der Waals surface area (Å²) >= 11 is 0. The van der Waals surface area contributed by atoms with Gasteiger partial charge in [-0.25, -0.2) is 0 Å². The van der Waals surface area contributed by atoms with E-state index >= 15 is 0 Å². The fraction of sp³-hybridized carbons (Fsp3) is 0.200. The molecule has 2 rings (SSSR count). The zero-order valence-electron chi connectivity index (χ0n) is 11.9. The zero-order valence-corrected chi connectivity index (χ0v) is 11.9. The average molecular weight is 328 g/mol. The molecular formula is C15H12F4N2O2. The lowest BCUT2D eigenvalue weighted by molar-refractivity contribution is -0.386. The summed E-state index contributed by atoms with van der Waals surface area (Å²) in [7, 11) is 0. The average Bonchev–Trinajstić information content (AvgIpc) is 2.46. The van der Waals surface area contributed by atoms with Crippen LogP contribution in [0.1, 0.15) is 24.1 Å². The minimum absolute atomic E-state index is 0.0973. The first-order valence-corrected chi connectivity index (χ1v) is 6.56. The molecular weight excluding hydrogens is 316 g/mol. The van der Waals surface area contributed by atoms with Crippen LogP contribution in [0.3, 0.4) is 0 Å². The number of halogens is 4. The van der Waals surface area contributed by atoms with E-state index < -0.39 is 34.2 Å². The number of nitrogens with zero attached hydrogens (tertiary/aromatic N) is 1. The van der Waals surface area contributed by atoms with Gasteiger partial charge in [0.2, 0.25) is 5.82 Å². The highest BCUT2D eigenvalue weighted by molar-refractivity contribution is 5.62. The molecule has 0 fully saturated rings. The second kappa shape index (κ2) is 6.23. The summed E-state index contributed by atoms with van der Waals surface area (Å²) in [5.41, 5.74) is -1.39. The number of hydrogen-bond donors (Lipinski definition) is 1. The molecule has 1 unspecified atom stereocenters. The van der Waals surface area contributed by atoms with Crippen molar-refractivity contribution in [3.05, 3.63) is 69.5 Å². The molecule has 0 bridgehead atoms. The molecule has 23 heavy (non-hydrogen) atoms. The molecule has 0 heterocycles. The molecule has 0 saturated carbocycles. The van der Waals surface area contributed by atoms with Crippen molar-refractivity contribution in [2.45, 2.75) is 19.1 Å². The van der Waals surface area contributed by atoms with Crippen molar-refractivity contribution >= 4 is 11.4 Å². The van der Waals surface area contributed by atoms with Gasteiger partial charge in [-0.15, -0.1) is 0 Å². The van der Waals surface area contributed by atoms with Gasteiger partial charge in [-0.3, -0.25) is 10.1 Å². The highest BCUT2D eigenvalue weighted by Crippen LogP contribution is 2.33. The fourth-order valence-electron chi connectivity index (χ4n) is 2.12. The Morgan fingerprint density at radius 1 is 1.17 bits per heavy atom. The summed E-state index contributed by atoms with van der Waals surface area (Å²) in [6, 6.07) is 7.42. The van der Waals surface area contributed by atoms with Crippen LogP contribution in [0.5, 0.6) is 0 Å². The lowest BCUT2D eigenvalue weighted by atomic mass is 10.0. The Morgan fingerprint density at radius 2 is 1.83 bits per heavy atom. The predicted molar refractivity (Wildman–Crippen MR) is 76.5 cm³/mol. The summed E-state index contributed by atoms with van der Waals surface area (Å²) in [4.78, 5) is 10.0. The third-order valence-electron chi connectivity index (χ3n) is 3.26. The van der Waals surface area contributed by atoms with Crippen LogP contribution < -0.4 is 5.32 Å². The highest BCUT2D eigenvalue weighted by Gasteiger charge is 2.31. The maximum Gasteiger partial charge on any atom is 0.416 e. The van der Waals surface area contributed by atoms with Gasteiger partial charge < -0.3 is 5.32 Å². The summed E-state index contributed by atoms with van der Waals surface area (Å²) in [5, 5.41) is 13.6. The van der Waals surface area contributed by atoms with E-state index in [2.05, 4.69) is 5.32 Å². The van der Waals surface area contributed by atoms with E-state index in [-0.39, 0.29) is 11.3 Å². The smallest absolute Gasteiger partial charge is 0.373 e. The molecule has 2 aromatic rings.